The summed E-state index contributed by atoms with van der Waals surface area (Å²) in [6.45, 7) is 1.89. The molecule has 28 heavy (non-hydrogen) atoms. The van der Waals surface area contributed by atoms with Crippen LogP contribution in [0.15, 0.2) is 83.5 Å². The topological polar surface area (TPSA) is 61.8 Å². The summed E-state index contributed by atoms with van der Waals surface area (Å²) in [5.41, 5.74) is 0.0168. The number of carbonyl (C=O) groups is 2. The molecule has 2 aromatic rings. The van der Waals surface area contributed by atoms with E-state index in [0.29, 0.717) is 17.0 Å². The predicted molar refractivity (Wildman–Crippen MR) is 104 cm³/mol. The Balaban J connectivity index is 1.76. The summed E-state index contributed by atoms with van der Waals surface area (Å²) >= 11 is 0. The molecular weight excluding hydrogens is 357 g/mol. The van der Waals surface area contributed by atoms with Gasteiger partial charge < -0.3 is 5.32 Å². The van der Waals surface area contributed by atoms with E-state index in [4.69, 9.17) is 0 Å². The highest BCUT2D eigenvalue weighted by atomic mass is 19.1. The van der Waals surface area contributed by atoms with E-state index in [0.717, 1.165) is 5.57 Å². The third-order valence-corrected chi connectivity index (χ3v) is 4.73. The first-order valence-corrected chi connectivity index (χ1v) is 8.89. The first-order chi connectivity index (χ1) is 13.5. The Morgan fingerprint density at radius 1 is 1.14 bits per heavy atom. The van der Waals surface area contributed by atoms with Crippen molar-refractivity contribution in [3.8, 4) is 0 Å². The maximum absolute atomic E-state index is 14.3. The van der Waals surface area contributed by atoms with Crippen LogP contribution in [0.2, 0.25) is 0 Å². The zero-order valence-electron chi connectivity index (χ0n) is 15.2. The second-order valence-corrected chi connectivity index (χ2v) is 6.80. The van der Waals surface area contributed by atoms with Crippen molar-refractivity contribution in [3.05, 3.63) is 95.5 Å². The Kier molecular flexibility index (Phi) is 4.39. The minimum absolute atomic E-state index is 0.0855. The average molecular weight is 375 g/mol. The Hall–Kier alpha value is -3.54. The summed E-state index contributed by atoms with van der Waals surface area (Å²) in [6, 6.07) is 14.7. The van der Waals surface area contributed by atoms with E-state index >= 15 is 0 Å². The van der Waals surface area contributed by atoms with Gasteiger partial charge in [-0.3, -0.25) is 14.5 Å². The zero-order chi connectivity index (χ0) is 19.7. The number of amides is 2. The number of fused-ring (bicyclic) bond motifs is 1. The molecule has 2 amide bonds. The molecule has 0 radical (unpaired) electrons. The van der Waals surface area contributed by atoms with Crippen LogP contribution in [0.5, 0.6) is 0 Å². The zero-order valence-corrected chi connectivity index (χ0v) is 15.2. The van der Waals surface area contributed by atoms with Gasteiger partial charge in [-0.05, 0) is 48.4 Å². The largest absolute Gasteiger partial charge is 0.320 e. The smallest absolute Gasteiger partial charge is 0.281 e. The number of allylic oxidation sites excluding steroid dienone is 2. The van der Waals surface area contributed by atoms with Gasteiger partial charge in [0.25, 0.3) is 11.8 Å². The van der Waals surface area contributed by atoms with Crippen molar-refractivity contribution in [1.29, 1.82) is 0 Å². The van der Waals surface area contributed by atoms with Gasteiger partial charge in [0, 0.05) is 18.2 Å². The second-order valence-electron chi connectivity index (χ2n) is 6.80. The molecule has 0 spiro atoms. The van der Waals surface area contributed by atoms with Gasteiger partial charge in [0.05, 0.1) is 0 Å². The summed E-state index contributed by atoms with van der Waals surface area (Å²) in [7, 11) is 0. The molecule has 2 heterocycles. The Morgan fingerprint density at radius 2 is 1.86 bits per heavy atom. The fraction of sp³-hybridized carbons (Fsp3) is 0.136. The second kappa shape index (κ2) is 6.88. The van der Waals surface area contributed by atoms with Crippen LogP contribution < -0.4 is 5.32 Å². The predicted octanol–water partition coefficient (Wildman–Crippen LogP) is 3.21. The van der Waals surface area contributed by atoms with Gasteiger partial charge in [0.15, 0.2) is 0 Å². The van der Waals surface area contributed by atoms with Gasteiger partial charge >= 0.3 is 0 Å². The van der Waals surface area contributed by atoms with Crippen LogP contribution in [-0.2, 0) is 11.2 Å². The van der Waals surface area contributed by atoms with Gasteiger partial charge in [-0.15, -0.1) is 0 Å². The lowest BCUT2D eigenvalue weighted by molar-refractivity contribution is -0.130. The molecule has 0 fully saturated rings. The number of hydrogen-bond acceptors (Lipinski definition) is 3. The van der Waals surface area contributed by atoms with E-state index in [1.54, 1.807) is 66.9 Å². The molecule has 0 aliphatic carbocycles. The fourth-order valence-electron chi connectivity index (χ4n) is 3.30. The van der Waals surface area contributed by atoms with E-state index in [-0.39, 0.29) is 6.42 Å². The molecular formula is C22H18FN3O2. The first kappa shape index (κ1) is 17.9. The number of carbonyl (C=O) groups excluding carboxylic acids is 2. The Bertz CT molecular complexity index is 1040. The van der Waals surface area contributed by atoms with Gasteiger partial charge in [-0.1, -0.05) is 36.4 Å². The molecule has 2 aliphatic heterocycles. The monoisotopic (exact) mass is 375 g/mol. The van der Waals surface area contributed by atoms with Crippen molar-refractivity contribution in [2.75, 3.05) is 0 Å². The van der Waals surface area contributed by atoms with Crippen molar-refractivity contribution in [2.45, 2.75) is 19.0 Å². The van der Waals surface area contributed by atoms with Crippen LogP contribution in [0.1, 0.15) is 22.8 Å². The maximum Gasteiger partial charge on any atom is 0.281 e. The Labute approximate surface area is 161 Å². The molecule has 0 bridgehead atoms. The van der Waals surface area contributed by atoms with Crippen LogP contribution >= 0.6 is 0 Å². The van der Waals surface area contributed by atoms with Gasteiger partial charge in [-0.2, -0.15) is 0 Å². The lowest BCUT2D eigenvalue weighted by Gasteiger charge is -2.27. The lowest BCUT2D eigenvalue weighted by Crippen LogP contribution is -2.55. The lowest BCUT2D eigenvalue weighted by atomic mass is 9.98. The van der Waals surface area contributed by atoms with Crippen molar-refractivity contribution in [1.82, 2.24) is 10.2 Å². The number of nitrogens with one attached hydrogen (secondary N) is 1. The summed E-state index contributed by atoms with van der Waals surface area (Å²) in [6.07, 6.45) is 5.08. The molecule has 5 nitrogen and oxygen atoms in total. The third-order valence-electron chi connectivity index (χ3n) is 4.73. The highest BCUT2D eigenvalue weighted by Crippen LogP contribution is 2.29. The summed E-state index contributed by atoms with van der Waals surface area (Å²) in [4.78, 5) is 32.0. The Morgan fingerprint density at radius 3 is 2.61 bits per heavy atom. The summed E-state index contributed by atoms with van der Waals surface area (Å²) in [5, 5.41) is 2.76. The molecule has 4 rings (SSSR count). The highest BCUT2D eigenvalue weighted by Gasteiger charge is 2.49. The number of amidine groups is 1. The van der Waals surface area contributed by atoms with Gasteiger partial charge in [0.1, 0.15) is 11.7 Å². The number of nitrogens with zero attached hydrogens (tertiary/aromatic N) is 2. The van der Waals surface area contributed by atoms with Crippen LogP contribution in [-0.4, -0.2) is 28.2 Å². The molecule has 2 aliphatic rings. The van der Waals surface area contributed by atoms with Gasteiger partial charge in [0.2, 0.25) is 5.66 Å². The molecule has 1 unspecified atom stereocenters. The van der Waals surface area contributed by atoms with Crippen molar-refractivity contribution in [3.63, 3.8) is 0 Å². The number of hydrogen-bond donors (Lipinski definition) is 1. The molecule has 2 aromatic carbocycles. The summed E-state index contributed by atoms with van der Waals surface area (Å²) < 4.78 is 14.3. The molecule has 0 aromatic heterocycles. The molecule has 1 N–H and O–H groups in total. The van der Waals surface area contributed by atoms with Crippen LogP contribution in [0.3, 0.4) is 0 Å². The molecule has 6 heteroatoms. The minimum Gasteiger partial charge on any atom is -0.320 e. The summed E-state index contributed by atoms with van der Waals surface area (Å²) in [5.74, 6) is -0.889. The SMILES string of the molecule is CC1=CC2=NC(Cc3ccccc3F)(NC(=O)c3ccccc3)C(=O)N2C=C1. The average Bonchev–Trinajstić information content (AvgIpc) is 2.95. The maximum atomic E-state index is 14.3. The van der Waals surface area contributed by atoms with E-state index in [1.807, 2.05) is 6.92 Å². The number of aliphatic imine (C=N–C) groups is 1. The number of halogens is 1. The fourth-order valence-corrected chi connectivity index (χ4v) is 3.30. The van der Waals surface area contributed by atoms with E-state index in [1.165, 1.54) is 11.0 Å². The van der Waals surface area contributed by atoms with Crippen molar-refractivity contribution < 1.29 is 14.0 Å². The molecule has 0 saturated carbocycles. The standard InChI is InChI=1S/C22H18FN3O2/c1-15-11-12-26-19(13-15)24-22(21(26)28,14-17-9-5-6-10-18(17)23)25-20(27)16-7-3-2-4-8-16/h2-13H,14H2,1H3,(H,25,27). The van der Waals surface area contributed by atoms with Crippen LogP contribution in [0.4, 0.5) is 4.39 Å². The van der Waals surface area contributed by atoms with Crippen molar-refractivity contribution >= 4 is 17.6 Å². The van der Waals surface area contributed by atoms with E-state index in [9.17, 15) is 14.0 Å². The van der Waals surface area contributed by atoms with Gasteiger partial charge in [-0.25, -0.2) is 9.38 Å². The first-order valence-electron chi connectivity index (χ1n) is 8.89. The molecule has 140 valence electrons. The molecule has 0 saturated heterocycles. The van der Waals surface area contributed by atoms with Crippen LogP contribution in [0, 0.1) is 5.82 Å². The number of benzene rings is 2. The quantitative estimate of drug-likeness (QED) is 0.892. The van der Waals surface area contributed by atoms with Crippen LogP contribution in [0.25, 0.3) is 0 Å². The number of rotatable bonds is 4. The third kappa shape index (κ3) is 3.13. The van der Waals surface area contributed by atoms with E-state index < -0.39 is 23.3 Å². The molecule has 1 atom stereocenters. The minimum atomic E-state index is -1.62. The van der Waals surface area contributed by atoms with Crippen molar-refractivity contribution in [2.24, 2.45) is 4.99 Å². The van der Waals surface area contributed by atoms with E-state index in [2.05, 4.69) is 10.3 Å². The normalized spacial score (nSPS) is 20.5. The highest BCUT2D eigenvalue weighted by molar-refractivity contribution is 6.15.